The maximum absolute atomic E-state index is 12.1. The van der Waals surface area contributed by atoms with E-state index in [1.807, 2.05) is 60.6 Å². The smallest absolute Gasteiger partial charge is 0.192 e. The lowest BCUT2D eigenvalue weighted by Gasteiger charge is -2.01. The van der Waals surface area contributed by atoms with Crippen molar-refractivity contribution in [3.05, 3.63) is 72.4 Å². The van der Waals surface area contributed by atoms with Gasteiger partial charge in [-0.3, -0.25) is 4.79 Å². The second kappa shape index (κ2) is 18.1. The van der Waals surface area contributed by atoms with Gasteiger partial charge in [0.25, 0.3) is 0 Å². The molecule has 0 N–H and O–H groups in total. The van der Waals surface area contributed by atoms with Gasteiger partial charge in [0.15, 0.2) is 5.78 Å². The Balaban J connectivity index is -0.000000739. The van der Waals surface area contributed by atoms with E-state index in [0.29, 0.717) is 11.1 Å². The fourth-order valence-electron chi connectivity index (χ4n) is 1.17. The molecule has 1 nitrogen and oxygen atoms in total. The third kappa shape index (κ3) is 12.9. The normalized spacial score (nSPS) is 10.6. The van der Waals surface area contributed by atoms with E-state index in [-0.39, 0.29) is 5.78 Å². The molecule has 21 heavy (non-hydrogen) atoms. The predicted octanol–water partition coefficient (Wildman–Crippen LogP) is 6.38. The Bertz CT molecular complexity index is 411. The molecular weight excluding hydrogens is 256 g/mol. The molecule has 0 aliphatic carbocycles. The second-order valence-corrected chi connectivity index (χ2v) is 3.76. The first kappa shape index (κ1) is 24.1. The maximum Gasteiger partial charge on any atom is 0.192 e. The Morgan fingerprint density at radius 1 is 0.857 bits per heavy atom. The van der Waals surface area contributed by atoms with E-state index < -0.39 is 0 Å². The van der Waals surface area contributed by atoms with Crippen molar-refractivity contribution >= 4 is 5.78 Å². The molecular formula is C20H32O. The molecule has 0 atom stereocenters. The molecule has 0 saturated heterocycles. The van der Waals surface area contributed by atoms with Crippen LogP contribution in [0.15, 0.2) is 72.4 Å². The number of ketones is 1. The fraction of sp³-hybridized carbons (Fsp3) is 0.350. The summed E-state index contributed by atoms with van der Waals surface area (Å²) in [6.07, 6.45) is 12.2. The van der Waals surface area contributed by atoms with Crippen LogP contribution in [0.1, 0.15) is 48.5 Å². The van der Waals surface area contributed by atoms with Crippen LogP contribution in [0.25, 0.3) is 0 Å². The van der Waals surface area contributed by atoms with E-state index in [4.69, 9.17) is 0 Å². The van der Waals surface area contributed by atoms with Gasteiger partial charge in [-0.2, -0.15) is 0 Å². The average Bonchev–Trinajstić information content (AvgIpc) is 2.51. The predicted molar refractivity (Wildman–Crippen MR) is 98.5 cm³/mol. The van der Waals surface area contributed by atoms with E-state index >= 15 is 0 Å². The highest BCUT2D eigenvalue weighted by molar-refractivity contribution is 6.12. The summed E-state index contributed by atoms with van der Waals surface area (Å²) in [6, 6.07) is 0. The van der Waals surface area contributed by atoms with Crippen LogP contribution in [0.3, 0.4) is 0 Å². The van der Waals surface area contributed by atoms with E-state index in [1.165, 1.54) is 0 Å². The summed E-state index contributed by atoms with van der Waals surface area (Å²) in [5.41, 5.74) is 2.32. The van der Waals surface area contributed by atoms with Crippen LogP contribution >= 0.6 is 0 Å². The van der Waals surface area contributed by atoms with Crippen LogP contribution in [0.2, 0.25) is 0 Å². The SMILES string of the molecule is C=C/C=C(\C=C/C)C(=O)/C(C=C)=C/C=C(C)C.CC.CC. The van der Waals surface area contributed by atoms with Gasteiger partial charge in [-0.1, -0.05) is 89.0 Å². The summed E-state index contributed by atoms with van der Waals surface area (Å²) in [4.78, 5) is 12.1. The molecule has 0 aliphatic heterocycles. The first-order valence-electron chi connectivity index (χ1n) is 7.54. The van der Waals surface area contributed by atoms with Crippen molar-refractivity contribution in [1.29, 1.82) is 0 Å². The molecule has 118 valence electrons. The van der Waals surface area contributed by atoms with E-state index in [0.717, 1.165) is 5.57 Å². The molecule has 0 aromatic heterocycles. The van der Waals surface area contributed by atoms with Gasteiger partial charge in [0.05, 0.1) is 0 Å². The minimum atomic E-state index is -0.0458. The van der Waals surface area contributed by atoms with Crippen molar-refractivity contribution in [2.45, 2.75) is 48.5 Å². The number of carbonyl (C=O) groups is 1. The van der Waals surface area contributed by atoms with Crippen LogP contribution in [0.4, 0.5) is 0 Å². The first-order chi connectivity index (χ1) is 10.1. The van der Waals surface area contributed by atoms with Crippen LogP contribution in [0, 0.1) is 0 Å². The highest BCUT2D eigenvalue weighted by Gasteiger charge is 2.08. The van der Waals surface area contributed by atoms with Crippen LogP contribution < -0.4 is 0 Å². The van der Waals surface area contributed by atoms with Gasteiger partial charge in [0.1, 0.15) is 0 Å². The highest BCUT2D eigenvalue weighted by Crippen LogP contribution is 2.10. The Morgan fingerprint density at radius 3 is 1.71 bits per heavy atom. The topological polar surface area (TPSA) is 17.1 Å². The Labute approximate surface area is 132 Å². The van der Waals surface area contributed by atoms with Crippen molar-refractivity contribution in [2.75, 3.05) is 0 Å². The average molecular weight is 288 g/mol. The molecule has 0 aromatic carbocycles. The van der Waals surface area contributed by atoms with Gasteiger partial charge in [-0.25, -0.2) is 0 Å². The number of Topliss-reactive ketones (excluding diaryl/α,β-unsaturated/α-hetero) is 1. The number of carbonyl (C=O) groups excluding carboxylic acids is 1. The number of rotatable bonds is 6. The zero-order valence-electron chi connectivity index (χ0n) is 14.9. The van der Waals surface area contributed by atoms with Crippen molar-refractivity contribution in [3.8, 4) is 0 Å². The van der Waals surface area contributed by atoms with Gasteiger partial charge >= 0.3 is 0 Å². The molecule has 0 saturated carbocycles. The second-order valence-electron chi connectivity index (χ2n) is 3.76. The van der Waals surface area contributed by atoms with E-state index in [2.05, 4.69) is 13.2 Å². The fourth-order valence-corrected chi connectivity index (χ4v) is 1.17. The Kier molecular flexibility index (Phi) is 20.8. The number of hydrogen-bond donors (Lipinski definition) is 0. The minimum absolute atomic E-state index is 0.0458. The number of hydrogen-bond acceptors (Lipinski definition) is 1. The lowest BCUT2D eigenvalue weighted by atomic mass is 10.0. The molecule has 0 aliphatic rings. The molecule has 0 unspecified atom stereocenters. The first-order valence-corrected chi connectivity index (χ1v) is 7.54. The molecule has 0 bridgehead atoms. The lowest BCUT2D eigenvalue weighted by molar-refractivity contribution is -0.111. The summed E-state index contributed by atoms with van der Waals surface area (Å²) >= 11 is 0. The monoisotopic (exact) mass is 288 g/mol. The Morgan fingerprint density at radius 2 is 1.38 bits per heavy atom. The van der Waals surface area contributed by atoms with E-state index in [9.17, 15) is 4.79 Å². The van der Waals surface area contributed by atoms with Gasteiger partial charge in [-0.15, -0.1) is 0 Å². The van der Waals surface area contributed by atoms with Gasteiger partial charge in [0, 0.05) is 11.1 Å². The van der Waals surface area contributed by atoms with Crippen molar-refractivity contribution < 1.29 is 4.79 Å². The van der Waals surface area contributed by atoms with Crippen LogP contribution in [-0.4, -0.2) is 5.78 Å². The summed E-state index contributed by atoms with van der Waals surface area (Å²) in [6.45, 7) is 21.1. The number of allylic oxidation sites excluding steroid dienone is 10. The molecule has 0 rings (SSSR count). The minimum Gasteiger partial charge on any atom is -0.289 e. The molecule has 0 aromatic rings. The van der Waals surface area contributed by atoms with Gasteiger partial charge in [-0.05, 0) is 20.8 Å². The lowest BCUT2D eigenvalue weighted by Crippen LogP contribution is -2.02. The third-order valence-corrected chi connectivity index (χ3v) is 1.98. The highest BCUT2D eigenvalue weighted by atomic mass is 16.1. The third-order valence-electron chi connectivity index (χ3n) is 1.98. The summed E-state index contributed by atoms with van der Waals surface area (Å²) in [5, 5.41) is 0. The summed E-state index contributed by atoms with van der Waals surface area (Å²) in [5.74, 6) is -0.0458. The molecule has 0 radical (unpaired) electrons. The van der Waals surface area contributed by atoms with Crippen LogP contribution in [-0.2, 0) is 4.79 Å². The molecule has 0 spiro atoms. The largest absolute Gasteiger partial charge is 0.289 e. The van der Waals surface area contributed by atoms with Gasteiger partial charge < -0.3 is 0 Å². The zero-order valence-corrected chi connectivity index (χ0v) is 14.9. The van der Waals surface area contributed by atoms with E-state index in [1.54, 1.807) is 30.4 Å². The molecule has 0 fully saturated rings. The zero-order chi connectivity index (χ0) is 17.3. The molecule has 0 heterocycles. The van der Waals surface area contributed by atoms with Crippen LogP contribution in [0.5, 0.6) is 0 Å². The quantitative estimate of drug-likeness (QED) is 0.409. The van der Waals surface area contributed by atoms with Crippen molar-refractivity contribution in [2.24, 2.45) is 0 Å². The summed E-state index contributed by atoms with van der Waals surface area (Å²) < 4.78 is 0. The standard InChI is InChI=1S/C16H20O.2C2H6/c1-6-9-15(10-7-2)16(17)14(8-3)12-11-13(4)5;2*1-2/h6-12H,1,3H2,2,4-5H3;2*1-2H3/b10-7-,14-12+,15-9+;;. The Hall–Kier alpha value is -1.89. The van der Waals surface area contributed by atoms with Crippen molar-refractivity contribution in [1.82, 2.24) is 0 Å². The van der Waals surface area contributed by atoms with Gasteiger partial charge in [0.2, 0.25) is 0 Å². The molecule has 0 amide bonds. The maximum atomic E-state index is 12.1. The molecule has 1 heteroatoms. The van der Waals surface area contributed by atoms with Crippen molar-refractivity contribution in [3.63, 3.8) is 0 Å². The summed E-state index contributed by atoms with van der Waals surface area (Å²) in [7, 11) is 0.